The lowest BCUT2D eigenvalue weighted by Gasteiger charge is -2.15. The first-order chi connectivity index (χ1) is 13.6. The highest BCUT2D eigenvalue weighted by molar-refractivity contribution is 7.89. The number of primary sulfonamides is 1. The van der Waals surface area contributed by atoms with Gasteiger partial charge in [0, 0.05) is 0 Å². The lowest BCUT2D eigenvalue weighted by atomic mass is 9.94. The van der Waals surface area contributed by atoms with Crippen LogP contribution in [0.5, 0.6) is 5.75 Å². The molecule has 0 radical (unpaired) electrons. The Morgan fingerprint density at radius 3 is 2.03 bits per heavy atom. The third-order valence-electron chi connectivity index (χ3n) is 4.19. The van der Waals surface area contributed by atoms with Crippen molar-refractivity contribution < 1.29 is 21.9 Å². The van der Waals surface area contributed by atoms with Gasteiger partial charge in [0.15, 0.2) is 11.6 Å². The molecule has 0 amide bonds. The summed E-state index contributed by atoms with van der Waals surface area (Å²) in [6.07, 6.45) is 0. The van der Waals surface area contributed by atoms with Crippen LogP contribution in [0.4, 0.5) is 8.78 Å². The highest BCUT2D eigenvalue weighted by atomic mass is 32.2. The lowest BCUT2D eigenvalue weighted by Crippen LogP contribution is -2.18. The van der Waals surface area contributed by atoms with E-state index >= 15 is 0 Å². The Labute approximate surface area is 168 Å². The Kier molecular flexibility index (Phi) is 5.97. The Hall–Kier alpha value is -2.81. The number of sulfonamides is 1. The molecule has 0 spiro atoms. The van der Waals surface area contributed by atoms with E-state index in [4.69, 9.17) is 9.88 Å². The SMILES string of the molecule is CN(C)COc1cccc(-c2cc(F)c(F)cc2-c2ccc(S(N)(=O)=O)cc2)c1. The van der Waals surface area contributed by atoms with Crippen molar-refractivity contribution >= 4 is 10.0 Å². The van der Waals surface area contributed by atoms with Crippen molar-refractivity contribution in [3.8, 4) is 28.0 Å². The van der Waals surface area contributed by atoms with Crippen LogP contribution in [0.15, 0.2) is 65.6 Å². The Balaban J connectivity index is 2.09. The number of nitrogens with two attached hydrogens (primary N) is 1. The number of hydrogen-bond donors (Lipinski definition) is 1. The average molecular weight is 418 g/mol. The predicted octanol–water partition coefficient (Wildman–Crippen LogP) is 3.84. The largest absolute Gasteiger partial charge is 0.478 e. The summed E-state index contributed by atoms with van der Waals surface area (Å²) >= 11 is 0. The first kappa shape index (κ1) is 20.9. The molecule has 3 rings (SSSR count). The fourth-order valence-corrected chi connectivity index (χ4v) is 3.32. The molecule has 0 aliphatic rings. The zero-order valence-electron chi connectivity index (χ0n) is 15.9. The van der Waals surface area contributed by atoms with Crippen LogP contribution in [0.3, 0.4) is 0 Å². The molecule has 152 valence electrons. The molecule has 8 heteroatoms. The number of hydrogen-bond acceptors (Lipinski definition) is 4. The normalized spacial score (nSPS) is 11.7. The highest BCUT2D eigenvalue weighted by Crippen LogP contribution is 2.35. The van der Waals surface area contributed by atoms with Crippen molar-refractivity contribution in [2.75, 3.05) is 20.8 Å². The van der Waals surface area contributed by atoms with Gasteiger partial charge in [-0.1, -0.05) is 24.3 Å². The quantitative estimate of drug-likeness (QED) is 0.618. The molecule has 0 fully saturated rings. The van der Waals surface area contributed by atoms with Crippen LogP contribution in [0.2, 0.25) is 0 Å². The molecule has 5 nitrogen and oxygen atoms in total. The van der Waals surface area contributed by atoms with E-state index < -0.39 is 21.7 Å². The van der Waals surface area contributed by atoms with Gasteiger partial charge in [0.05, 0.1) is 4.90 Å². The van der Waals surface area contributed by atoms with Gasteiger partial charge in [0.25, 0.3) is 0 Å². The summed E-state index contributed by atoms with van der Waals surface area (Å²) in [4.78, 5) is 1.78. The Bertz CT molecular complexity index is 1130. The topological polar surface area (TPSA) is 72.6 Å². The second-order valence-electron chi connectivity index (χ2n) is 6.76. The summed E-state index contributed by atoms with van der Waals surface area (Å²) in [6, 6.07) is 14.9. The summed E-state index contributed by atoms with van der Waals surface area (Å²) in [5, 5.41) is 5.12. The molecule has 3 aromatic rings. The maximum Gasteiger partial charge on any atom is 0.238 e. The van der Waals surface area contributed by atoms with E-state index in [-0.39, 0.29) is 4.90 Å². The molecule has 0 saturated heterocycles. The van der Waals surface area contributed by atoms with E-state index in [1.54, 1.807) is 24.3 Å². The first-order valence-corrected chi connectivity index (χ1v) is 10.2. The summed E-state index contributed by atoms with van der Waals surface area (Å²) in [5.41, 5.74) is 2.01. The Morgan fingerprint density at radius 1 is 0.897 bits per heavy atom. The van der Waals surface area contributed by atoms with Crippen LogP contribution in [-0.4, -0.2) is 34.1 Å². The van der Waals surface area contributed by atoms with Gasteiger partial charge in [0.2, 0.25) is 10.0 Å². The number of rotatable bonds is 6. The molecule has 3 aromatic carbocycles. The van der Waals surface area contributed by atoms with E-state index in [0.717, 1.165) is 12.1 Å². The number of benzene rings is 3. The van der Waals surface area contributed by atoms with Crippen molar-refractivity contribution in [2.24, 2.45) is 5.14 Å². The zero-order valence-corrected chi connectivity index (χ0v) is 16.7. The van der Waals surface area contributed by atoms with Crippen LogP contribution in [0.1, 0.15) is 0 Å². The smallest absolute Gasteiger partial charge is 0.238 e. The third kappa shape index (κ3) is 4.97. The molecule has 0 bridgehead atoms. The van der Waals surface area contributed by atoms with E-state index in [1.807, 2.05) is 19.0 Å². The fourth-order valence-electron chi connectivity index (χ4n) is 2.81. The predicted molar refractivity (Wildman–Crippen MR) is 108 cm³/mol. The molecule has 0 saturated carbocycles. The van der Waals surface area contributed by atoms with Gasteiger partial charge in [0.1, 0.15) is 12.5 Å². The van der Waals surface area contributed by atoms with E-state index in [1.165, 1.54) is 24.3 Å². The summed E-state index contributed by atoms with van der Waals surface area (Å²) in [5.74, 6) is -1.40. The van der Waals surface area contributed by atoms with Gasteiger partial charge < -0.3 is 4.74 Å². The molecule has 0 atom stereocenters. The van der Waals surface area contributed by atoms with Crippen LogP contribution in [-0.2, 0) is 10.0 Å². The van der Waals surface area contributed by atoms with Gasteiger partial charge in [-0.05, 0) is 72.7 Å². The standard InChI is InChI=1S/C21H20F2N2O3S/c1-25(2)13-28-16-5-3-4-15(10-16)19-12-21(23)20(22)11-18(19)14-6-8-17(9-7-14)29(24,26)27/h3-12H,13H2,1-2H3,(H2,24,26,27). The van der Waals surface area contributed by atoms with Crippen molar-refractivity contribution in [1.29, 1.82) is 0 Å². The van der Waals surface area contributed by atoms with E-state index in [0.29, 0.717) is 34.7 Å². The van der Waals surface area contributed by atoms with Gasteiger partial charge in [-0.3, -0.25) is 4.90 Å². The third-order valence-corrected chi connectivity index (χ3v) is 5.12. The first-order valence-electron chi connectivity index (χ1n) is 8.65. The van der Waals surface area contributed by atoms with Gasteiger partial charge >= 0.3 is 0 Å². The molecule has 0 heterocycles. The van der Waals surface area contributed by atoms with E-state index in [9.17, 15) is 17.2 Å². The molecule has 0 aliphatic carbocycles. The van der Waals surface area contributed by atoms with Gasteiger partial charge in [-0.15, -0.1) is 0 Å². The van der Waals surface area contributed by atoms with Crippen LogP contribution >= 0.6 is 0 Å². The fraction of sp³-hybridized carbons (Fsp3) is 0.143. The highest BCUT2D eigenvalue weighted by Gasteiger charge is 2.15. The minimum absolute atomic E-state index is 0.0653. The maximum absolute atomic E-state index is 14.0. The van der Waals surface area contributed by atoms with Crippen LogP contribution in [0.25, 0.3) is 22.3 Å². The van der Waals surface area contributed by atoms with E-state index in [2.05, 4.69) is 0 Å². The monoisotopic (exact) mass is 418 g/mol. The number of halogens is 2. The van der Waals surface area contributed by atoms with Gasteiger partial charge in [-0.25, -0.2) is 22.3 Å². The second kappa shape index (κ2) is 8.28. The van der Waals surface area contributed by atoms with Crippen LogP contribution < -0.4 is 9.88 Å². The van der Waals surface area contributed by atoms with Crippen molar-refractivity contribution in [1.82, 2.24) is 4.90 Å². The Morgan fingerprint density at radius 2 is 1.48 bits per heavy atom. The van der Waals surface area contributed by atoms with Crippen molar-refractivity contribution in [2.45, 2.75) is 4.90 Å². The second-order valence-corrected chi connectivity index (χ2v) is 8.32. The van der Waals surface area contributed by atoms with Crippen molar-refractivity contribution in [3.63, 3.8) is 0 Å². The number of ether oxygens (including phenoxy) is 1. The van der Waals surface area contributed by atoms with Gasteiger partial charge in [-0.2, -0.15) is 0 Å². The molecular formula is C21H20F2N2O3S. The maximum atomic E-state index is 14.0. The molecular weight excluding hydrogens is 398 g/mol. The lowest BCUT2D eigenvalue weighted by molar-refractivity contribution is 0.179. The average Bonchev–Trinajstić information content (AvgIpc) is 2.68. The molecule has 29 heavy (non-hydrogen) atoms. The minimum atomic E-state index is -3.85. The zero-order chi connectivity index (χ0) is 21.2. The molecule has 0 aromatic heterocycles. The molecule has 2 N–H and O–H groups in total. The summed E-state index contributed by atoms with van der Waals surface area (Å²) < 4.78 is 56.6. The summed E-state index contributed by atoms with van der Waals surface area (Å²) in [6.45, 7) is 0.364. The summed E-state index contributed by atoms with van der Waals surface area (Å²) in [7, 11) is -0.125. The molecule has 0 unspecified atom stereocenters. The van der Waals surface area contributed by atoms with Crippen LogP contribution in [0, 0.1) is 11.6 Å². The molecule has 0 aliphatic heterocycles. The minimum Gasteiger partial charge on any atom is -0.478 e. The van der Waals surface area contributed by atoms with Crippen molar-refractivity contribution in [3.05, 3.63) is 72.3 Å². The number of nitrogens with zero attached hydrogens (tertiary/aromatic N) is 1.